The van der Waals surface area contributed by atoms with E-state index in [0.29, 0.717) is 12.0 Å². The van der Waals surface area contributed by atoms with Gasteiger partial charge in [-0.25, -0.2) is 0 Å². The van der Waals surface area contributed by atoms with Crippen molar-refractivity contribution in [1.29, 1.82) is 0 Å². The highest BCUT2D eigenvalue weighted by Gasteiger charge is 2.43. The Morgan fingerprint density at radius 1 is 0.840 bits per heavy atom. The summed E-state index contributed by atoms with van der Waals surface area (Å²) in [4.78, 5) is 0. The molecule has 1 nitrogen and oxygen atoms in total. The third kappa shape index (κ3) is 3.62. The van der Waals surface area contributed by atoms with E-state index in [1.165, 1.54) is 37.7 Å². The van der Waals surface area contributed by atoms with Gasteiger partial charge in [-0.2, -0.15) is 0 Å². The molecule has 25 heavy (non-hydrogen) atoms. The van der Waals surface area contributed by atoms with E-state index in [0.717, 1.165) is 29.6 Å². The number of rotatable bonds is 3. The molecule has 4 rings (SSSR count). The standard InChI is InChI=1S/C24H33N/c1-16-7-9-18(10-8-16)20-14-23(19-5-3-4-6-19)24(15-20)21-11-17(2)12-22(25)13-21/h3-10,17,19-24H,11-15,25H2,1-2H3. The molecule has 0 amide bonds. The summed E-state index contributed by atoms with van der Waals surface area (Å²) < 4.78 is 0. The maximum atomic E-state index is 6.42. The molecule has 0 spiro atoms. The Morgan fingerprint density at radius 2 is 1.52 bits per heavy atom. The van der Waals surface area contributed by atoms with E-state index in [1.807, 2.05) is 0 Å². The first-order valence-electron chi connectivity index (χ1n) is 10.3. The average molecular weight is 336 g/mol. The molecule has 1 heteroatoms. The van der Waals surface area contributed by atoms with E-state index in [9.17, 15) is 0 Å². The first-order valence-corrected chi connectivity index (χ1v) is 10.3. The van der Waals surface area contributed by atoms with Crippen LogP contribution in [0.15, 0.2) is 48.6 Å². The Balaban J connectivity index is 1.57. The van der Waals surface area contributed by atoms with Crippen LogP contribution in [-0.2, 0) is 0 Å². The Bertz CT molecular complexity index is 619. The van der Waals surface area contributed by atoms with Crippen LogP contribution in [0.25, 0.3) is 0 Å². The normalized spacial score (nSPS) is 38.5. The zero-order valence-corrected chi connectivity index (χ0v) is 15.8. The monoisotopic (exact) mass is 335 g/mol. The number of hydrogen-bond donors (Lipinski definition) is 1. The topological polar surface area (TPSA) is 26.0 Å². The molecule has 6 unspecified atom stereocenters. The highest BCUT2D eigenvalue weighted by atomic mass is 14.7. The molecule has 1 aromatic rings. The van der Waals surface area contributed by atoms with Crippen molar-refractivity contribution < 1.29 is 0 Å². The van der Waals surface area contributed by atoms with Gasteiger partial charge >= 0.3 is 0 Å². The summed E-state index contributed by atoms with van der Waals surface area (Å²) in [5, 5.41) is 0. The zero-order chi connectivity index (χ0) is 17.4. The van der Waals surface area contributed by atoms with Crippen LogP contribution in [0, 0.1) is 36.5 Å². The maximum absolute atomic E-state index is 6.42. The maximum Gasteiger partial charge on any atom is 0.00441 e. The van der Waals surface area contributed by atoms with Crippen LogP contribution < -0.4 is 5.73 Å². The number of hydrogen-bond acceptors (Lipinski definition) is 1. The minimum atomic E-state index is 0.419. The summed E-state index contributed by atoms with van der Waals surface area (Å²) in [6, 6.07) is 9.73. The van der Waals surface area contributed by atoms with Crippen LogP contribution in [0.4, 0.5) is 0 Å². The van der Waals surface area contributed by atoms with Gasteiger partial charge in [0.25, 0.3) is 0 Å². The van der Waals surface area contributed by atoms with Crippen LogP contribution in [0.2, 0.25) is 0 Å². The smallest absolute Gasteiger partial charge is 0.00441 e. The van der Waals surface area contributed by atoms with Crippen molar-refractivity contribution in [1.82, 2.24) is 0 Å². The Labute approximate surface area is 153 Å². The first kappa shape index (κ1) is 17.1. The van der Waals surface area contributed by atoms with Gasteiger partial charge in [0.2, 0.25) is 0 Å². The lowest BCUT2D eigenvalue weighted by atomic mass is 9.68. The van der Waals surface area contributed by atoms with E-state index in [1.54, 1.807) is 5.56 Å². The molecule has 134 valence electrons. The average Bonchev–Trinajstić information content (AvgIpc) is 3.24. The van der Waals surface area contributed by atoms with E-state index in [-0.39, 0.29) is 0 Å². The Morgan fingerprint density at radius 3 is 2.20 bits per heavy atom. The largest absolute Gasteiger partial charge is 0.328 e. The quantitative estimate of drug-likeness (QED) is 0.763. The number of nitrogens with two attached hydrogens (primary N) is 1. The molecule has 3 aliphatic rings. The summed E-state index contributed by atoms with van der Waals surface area (Å²) >= 11 is 0. The third-order valence-corrected chi connectivity index (χ3v) is 7.11. The molecule has 0 aromatic heterocycles. The number of benzene rings is 1. The minimum absolute atomic E-state index is 0.419. The van der Waals surface area contributed by atoms with E-state index in [4.69, 9.17) is 5.73 Å². The van der Waals surface area contributed by atoms with Crippen molar-refractivity contribution in [3.05, 3.63) is 59.7 Å². The van der Waals surface area contributed by atoms with Gasteiger partial charge in [-0.3, -0.25) is 0 Å². The first-order chi connectivity index (χ1) is 12.1. The molecule has 0 saturated heterocycles. The van der Waals surface area contributed by atoms with Crippen molar-refractivity contribution >= 4 is 0 Å². The summed E-state index contributed by atoms with van der Waals surface area (Å²) in [5.74, 6) is 4.62. The SMILES string of the molecule is Cc1ccc(C2CC(C3C=CC=C3)C(C3CC(C)CC(N)C3)C2)cc1. The second-order valence-electron chi connectivity index (χ2n) is 9.09. The lowest BCUT2D eigenvalue weighted by Crippen LogP contribution is -2.36. The molecule has 0 radical (unpaired) electrons. The van der Waals surface area contributed by atoms with Gasteiger partial charge in [0.15, 0.2) is 0 Å². The van der Waals surface area contributed by atoms with Crippen molar-refractivity contribution in [3.8, 4) is 0 Å². The molecular formula is C24H33N. The summed E-state index contributed by atoms with van der Waals surface area (Å²) in [6.07, 6.45) is 15.9. The molecule has 2 N–H and O–H groups in total. The molecule has 6 atom stereocenters. The predicted octanol–water partition coefficient (Wildman–Crippen LogP) is 5.61. The lowest BCUT2D eigenvalue weighted by molar-refractivity contribution is 0.145. The van der Waals surface area contributed by atoms with E-state index >= 15 is 0 Å². The summed E-state index contributed by atoms with van der Waals surface area (Å²) in [7, 11) is 0. The number of aryl methyl sites for hydroxylation is 1. The summed E-state index contributed by atoms with van der Waals surface area (Å²) in [5.41, 5.74) is 9.33. The van der Waals surface area contributed by atoms with E-state index < -0.39 is 0 Å². The van der Waals surface area contributed by atoms with Crippen molar-refractivity contribution in [2.24, 2.45) is 35.3 Å². The van der Waals surface area contributed by atoms with Crippen LogP contribution in [0.3, 0.4) is 0 Å². The molecular weight excluding hydrogens is 302 g/mol. The lowest BCUT2D eigenvalue weighted by Gasteiger charge is -2.38. The van der Waals surface area contributed by atoms with Gasteiger partial charge in [0, 0.05) is 6.04 Å². The van der Waals surface area contributed by atoms with Crippen molar-refractivity contribution in [2.45, 2.75) is 57.9 Å². The summed E-state index contributed by atoms with van der Waals surface area (Å²) in [6.45, 7) is 4.59. The molecule has 0 heterocycles. The fraction of sp³-hybridized carbons (Fsp3) is 0.583. The van der Waals surface area contributed by atoms with Crippen LogP contribution in [0.1, 0.15) is 56.1 Å². The van der Waals surface area contributed by atoms with Gasteiger partial charge in [-0.15, -0.1) is 0 Å². The van der Waals surface area contributed by atoms with Gasteiger partial charge in [0.05, 0.1) is 0 Å². The Hall–Kier alpha value is -1.34. The molecule has 0 bridgehead atoms. The second kappa shape index (κ2) is 7.11. The molecule has 3 aliphatic carbocycles. The fourth-order valence-corrected chi connectivity index (χ4v) is 5.99. The highest BCUT2D eigenvalue weighted by Crippen LogP contribution is 2.52. The van der Waals surface area contributed by atoms with Crippen molar-refractivity contribution in [2.75, 3.05) is 0 Å². The van der Waals surface area contributed by atoms with Gasteiger partial charge < -0.3 is 5.73 Å². The van der Waals surface area contributed by atoms with Crippen LogP contribution >= 0.6 is 0 Å². The highest BCUT2D eigenvalue weighted by molar-refractivity contribution is 5.27. The molecule has 2 fully saturated rings. The minimum Gasteiger partial charge on any atom is -0.328 e. The number of allylic oxidation sites excluding steroid dienone is 4. The van der Waals surface area contributed by atoms with Gasteiger partial charge in [0.1, 0.15) is 0 Å². The fourth-order valence-electron chi connectivity index (χ4n) is 5.99. The molecule has 2 saturated carbocycles. The third-order valence-electron chi connectivity index (χ3n) is 7.11. The molecule has 0 aliphatic heterocycles. The Kier molecular flexibility index (Phi) is 4.86. The van der Waals surface area contributed by atoms with Crippen LogP contribution in [0.5, 0.6) is 0 Å². The van der Waals surface area contributed by atoms with Crippen molar-refractivity contribution in [3.63, 3.8) is 0 Å². The zero-order valence-electron chi connectivity index (χ0n) is 15.8. The predicted molar refractivity (Wildman–Crippen MR) is 106 cm³/mol. The van der Waals surface area contributed by atoms with E-state index in [2.05, 4.69) is 62.4 Å². The van der Waals surface area contributed by atoms with Gasteiger partial charge in [-0.05, 0) is 80.1 Å². The van der Waals surface area contributed by atoms with Gasteiger partial charge in [-0.1, -0.05) is 61.1 Å². The van der Waals surface area contributed by atoms with Crippen LogP contribution in [-0.4, -0.2) is 6.04 Å². The molecule has 1 aromatic carbocycles. The second-order valence-corrected chi connectivity index (χ2v) is 9.09.